The van der Waals surface area contributed by atoms with Crippen LogP contribution in [0.2, 0.25) is 0 Å². The molecule has 0 saturated carbocycles. The summed E-state index contributed by atoms with van der Waals surface area (Å²) in [6.07, 6.45) is 0.681. The molecule has 1 atom stereocenters. The van der Waals surface area contributed by atoms with E-state index in [1.165, 1.54) is 0 Å². The van der Waals surface area contributed by atoms with Crippen LogP contribution < -0.4 is 10.2 Å². The number of carbonyl (C=O) groups is 2. The number of carbonyl (C=O) groups excluding carboxylic acids is 2. The number of hydrogen-bond donors (Lipinski definition) is 1. The smallest absolute Gasteiger partial charge is 0.260 e. The molecule has 0 unspecified atom stereocenters. The first kappa shape index (κ1) is 22.9. The average molecular weight is 424 g/mol. The minimum atomic E-state index is -2.99. The normalized spacial score (nSPS) is 18.3. The zero-order chi connectivity index (χ0) is 21.4. The van der Waals surface area contributed by atoms with Gasteiger partial charge in [-0.25, -0.2) is 13.8 Å². The van der Waals surface area contributed by atoms with Crippen molar-refractivity contribution in [1.29, 1.82) is 0 Å². The zero-order valence-corrected chi connectivity index (χ0v) is 18.0. The molecule has 29 heavy (non-hydrogen) atoms. The summed E-state index contributed by atoms with van der Waals surface area (Å²) in [5, 5.41) is 4.09. The summed E-state index contributed by atoms with van der Waals surface area (Å²) in [6, 6.07) is 7.08. The van der Waals surface area contributed by atoms with E-state index in [0.29, 0.717) is 31.0 Å². The summed E-state index contributed by atoms with van der Waals surface area (Å²) in [5.74, 6) is 0.319. The summed E-state index contributed by atoms with van der Waals surface area (Å²) >= 11 is 0. The van der Waals surface area contributed by atoms with Gasteiger partial charge in [-0.2, -0.15) is 5.10 Å². The maximum atomic E-state index is 12.0. The van der Waals surface area contributed by atoms with E-state index < -0.39 is 9.84 Å². The van der Waals surface area contributed by atoms with Crippen LogP contribution in [0.1, 0.15) is 39.2 Å². The van der Waals surface area contributed by atoms with Crippen LogP contribution in [0.15, 0.2) is 29.4 Å². The molecule has 1 aromatic carbocycles. The Balaban J connectivity index is 1.83. The SMILES string of the molecule is CCN(CC)C(=O)COc1ccc(/C(C)=N\NC(=O)C[C@@H]2CCS(=O)(=O)C2)cc1. The van der Waals surface area contributed by atoms with E-state index in [2.05, 4.69) is 10.5 Å². The molecule has 8 nitrogen and oxygen atoms in total. The van der Waals surface area contributed by atoms with Gasteiger partial charge in [-0.3, -0.25) is 9.59 Å². The molecule has 1 fully saturated rings. The first-order valence-corrected chi connectivity index (χ1v) is 11.6. The molecule has 1 aromatic rings. The Kier molecular flexibility index (Phi) is 8.19. The van der Waals surface area contributed by atoms with Crippen molar-refractivity contribution >= 4 is 27.4 Å². The van der Waals surface area contributed by atoms with E-state index in [-0.39, 0.29) is 42.3 Å². The Hall–Kier alpha value is -2.42. The minimum Gasteiger partial charge on any atom is -0.484 e. The number of amides is 2. The summed E-state index contributed by atoms with van der Waals surface area (Å²) in [4.78, 5) is 25.7. The molecule has 1 aliphatic heterocycles. The molecule has 2 amide bonds. The van der Waals surface area contributed by atoms with Crippen LogP contribution >= 0.6 is 0 Å². The van der Waals surface area contributed by atoms with E-state index >= 15 is 0 Å². The topological polar surface area (TPSA) is 105 Å². The van der Waals surface area contributed by atoms with E-state index in [4.69, 9.17) is 4.74 Å². The van der Waals surface area contributed by atoms with Crippen molar-refractivity contribution in [2.75, 3.05) is 31.2 Å². The van der Waals surface area contributed by atoms with Crippen molar-refractivity contribution in [3.63, 3.8) is 0 Å². The molecular formula is C20H29N3O5S. The number of sulfone groups is 1. The van der Waals surface area contributed by atoms with Gasteiger partial charge in [0.15, 0.2) is 16.4 Å². The minimum absolute atomic E-state index is 0.0129. The Morgan fingerprint density at radius 3 is 2.41 bits per heavy atom. The van der Waals surface area contributed by atoms with Gasteiger partial charge in [0.05, 0.1) is 17.2 Å². The second kappa shape index (κ2) is 10.4. The number of rotatable bonds is 9. The number of nitrogens with zero attached hydrogens (tertiary/aromatic N) is 2. The fourth-order valence-electron chi connectivity index (χ4n) is 3.16. The van der Waals surface area contributed by atoms with Crippen molar-refractivity contribution < 1.29 is 22.7 Å². The molecule has 9 heteroatoms. The summed E-state index contributed by atoms with van der Waals surface area (Å²) in [7, 11) is -2.99. The van der Waals surface area contributed by atoms with Crippen LogP contribution in [0.25, 0.3) is 0 Å². The summed E-state index contributed by atoms with van der Waals surface area (Å²) in [6.45, 7) is 6.89. The maximum absolute atomic E-state index is 12.0. The van der Waals surface area contributed by atoms with Crippen molar-refractivity contribution in [2.45, 2.75) is 33.6 Å². The highest BCUT2D eigenvalue weighted by atomic mass is 32.2. The highest BCUT2D eigenvalue weighted by Gasteiger charge is 2.29. The Bertz CT molecular complexity index is 845. The van der Waals surface area contributed by atoms with Gasteiger partial charge in [0.25, 0.3) is 5.91 Å². The van der Waals surface area contributed by atoms with E-state index in [1.807, 2.05) is 13.8 Å². The van der Waals surface area contributed by atoms with Crippen molar-refractivity contribution in [2.24, 2.45) is 11.0 Å². The molecule has 1 aliphatic rings. The molecule has 160 valence electrons. The highest BCUT2D eigenvalue weighted by Crippen LogP contribution is 2.21. The lowest BCUT2D eigenvalue weighted by atomic mass is 10.1. The second-order valence-corrected chi connectivity index (χ2v) is 9.31. The average Bonchev–Trinajstić information content (AvgIpc) is 3.04. The molecule has 0 radical (unpaired) electrons. The first-order valence-electron chi connectivity index (χ1n) is 9.78. The fourth-order valence-corrected chi connectivity index (χ4v) is 5.02. The molecule has 1 saturated heterocycles. The lowest BCUT2D eigenvalue weighted by Crippen LogP contribution is -2.34. The largest absolute Gasteiger partial charge is 0.484 e. The third kappa shape index (κ3) is 7.16. The quantitative estimate of drug-likeness (QED) is 0.480. The molecule has 2 rings (SSSR count). The van der Waals surface area contributed by atoms with Gasteiger partial charge in [-0.05, 0) is 62.9 Å². The number of ether oxygens (including phenoxy) is 1. The van der Waals surface area contributed by atoms with Crippen LogP contribution in [-0.4, -0.2) is 62.0 Å². The third-order valence-corrected chi connectivity index (χ3v) is 6.74. The van der Waals surface area contributed by atoms with Crippen LogP contribution in [0.5, 0.6) is 5.75 Å². The van der Waals surface area contributed by atoms with Crippen LogP contribution in [0, 0.1) is 5.92 Å². The lowest BCUT2D eigenvalue weighted by molar-refractivity contribution is -0.133. The van der Waals surface area contributed by atoms with Gasteiger partial charge in [-0.1, -0.05) is 0 Å². The molecule has 0 aromatic heterocycles. The van der Waals surface area contributed by atoms with Gasteiger partial charge >= 0.3 is 0 Å². The predicted octanol–water partition coefficient (Wildman–Crippen LogP) is 1.60. The Morgan fingerprint density at radius 2 is 1.86 bits per heavy atom. The van der Waals surface area contributed by atoms with Crippen molar-refractivity contribution in [3.8, 4) is 5.75 Å². The van der Waals surface area contributed by atoms with Gasteiger partial charge < -0.3 is 9.64 Å². The van der Waals surface area contributed by atoms with Gasteiger partial charge in [-0.15, -0.1) is 0 Å². The number of nitrogens with one attached hydrogen (secondary N) is 1. The number of likely N-dealkylation sites (N-methyl/N-ethyl adjacent to an activating group) is 1. The summed E-state index contributed by atoms with van der Waals surface area (Å²) in [5.41, 5.74) is 3.90. The fraction of sp³-hybridized carbons (Fsp3) is 0.550. The predicted molar refractivity (Wildman–Crippen MR) is 112 cm³/mol. The molecule has 0 aliphatic carbocycles. The Morgan fingerprint density at radius 1 is 1.21 bits per heavy atom. The molecule has 0 spiro atoms. The highest BCUT2D eigenvalue weighted by molar-refractivity contribution is 7.91. The van der Waals surface area contributed by atoms with E-state index in [9.17, 15) is 18.0 Å². The standard InChI is InChI=1S/C20H29N3O5S/c1-4-23(5-2)20(25)13-28-18-8-6-17(7-9-18)15(3)21-22-19(24)12-16-10-11-29(26,27)14-16/h6-9,16H,4-5,10-14H2,1-3H3,(H,22,24)/b21-15-/t16-/m0/s1. The van der Waals surface area contributed by atoms with E-state index in [1.54, 1.807) is 36.1 Å². The van der Waals surface area contributed by atoms with Crippen molar-refractivity contribution in [3.05, 3.63) is 29.8 Å². The van der Waals surface area contributed by atoms with Crippen LogP contribution in [0.4, 0.5) is 0 Å². The molecular weight excluding hydrogens is 394 g/mol. The van der Waals surface area contributed by atoms with Crippen LogP contribution in [0.3, 0.4) is 0 Å². The maximum Gasteiger partial charge on any atom is 0.260 e. The Labute approximate surface area is 172 Å². The first-order chi connectivity index (χ1) is 13.7. The lowest BCUT2D eigenvalue weighted by Gasteiger charge is -2.18. The van der Waals surface area contributed by atoms with Gasteiger partial charge in [0, 0.05) is 19.5 Å². The molecule has 0 bridgehead atoms. The van der Waals surface area contributed by atoms with E-state index in [0.717, 1.165) is 5.56 Å². The molecule has 1 N–H and O–H groups in total. The number of hydrogen-bond acceptors (Lipinski definition) is 6. The number of hydrazone groups is 1. The molecule has 1 heterocycles. The van der Waals surface area contributed by atoms with Crippen molar-refractivity contribution in [1.82, 2.24) is 10.3 Å². The van der Waals surface area contributed by atoms with Gasteiger partial charge in [0.2, 0.25) is 5.91 Å². The van der Waals surface area contributed by atoms with Crippen LogP contribution in [-0.2, 0) is 19.4 Å². The summed E-state index contributed by atoms with van der Waals surface area (Å²) < 4.78 is 28.4. The number of benzene rings is 1. The zero-order valence-electron chi connectivity index (χ0n) is 17.2. The second-order valence-electron chi connectivity index (χ2n) is 7.08. The third-order valence-electron chi connectivity index (χ3n) is 4.90. The van der Waals surface area contributed by atoms with Gasteiger partial charge in [0.1, 0.15) is 5.75 Å². The monoisotopic (exact) mass is 423 g/mol.